The van der Waals surface area contributed by atoms with Crippen LogP contribution in [-0.4, -0.2) is 27.8 Å². The van der Waals surface area contributed by atoms with Gasteiger partial charge in [-0.2, -0.15) is 5.10 Å². The molecular weight excluding hydrogens is 204 g/mol. The summed E-state index contributed by atoms with van der Waals surface area (Å²) in [6.07, 6.45) is 8.86. The van der Waals surface area contributed by atoms with Crippen LogP contribution in [0.15, 0.2) is 18.5 Å². The number of carbonyl (C=O) groups is 1. The molecule has 3 N–H and O–H groups in total. The smallest absolute Gasteiger partial charge is 0.238 e. The third-order valence-corrected chi connectivity index (χ3v) is 2.08. The zero-order valence-corrected chi connectivity index (χ0v) is 9.26. The molecule has 1 aromatic rings. The van der Waals surface area contributed by atoms with Crippen LogP contribution in [0.3, 0.4) is 0 Å². The van der Waals surface area contributed by atoms with Crippen LogP contribution in [0, 0.1) is 12.3 Å². The molecule has 1 aromatic heterocycles. The van der Waals surface area contributed by atoms with Crippen molar-refractivity contribution in [3.63, 3.8) is 0 Å². The molecule has 0 aromatic carbocycles. The van der Waals surface area contributed by atoms with Gasteiger partial charge in [0, 0.05) is 24.9 Å². The first-order valence-corrected chi connectivity index (χ1v) is 5.10. The van der Waals surface area contributed by atoms with Gasteiger partial charge < -0.3 is 11.1 Å². The molecule has 0 aliphatic carbocycles. The summed E-state index contributed by atoms with van der Waals surface area (Å²) in [7, 11) is 0. The second-order valence-corrected chi connectivity index (χ2v) is 3.65. The minimum atomic E-state index is -0.634. The lowest BCUT2D eigenvalue weighted by Crippen LogP contribution is -2.45. The second-order valence-electron chi connectivity index (χ2n) is 3.65. The highest BCUT2D eigenvalue weighted by molar-refractivity contribution is 5.82. The van der Waals surface area contributed by atoms with Gasteiger partial charge in [0.25, 0.3) is 0 Å². The van der Waals surface area contributed by atoms with Crippen molar-refractivity contribution in [3.8, 4) is 12.3 Å². The van der Waals surface area contributed by atoms with Gasteiger partial charge in [-0.1, -0.05) is 0 Å². The molecule has 5 heteroatoms. The monoisotopic (exact) mass is 220 g/mol. The first-order chi connectivity index (χ1) is 7.63. The lowest BCUT2D eigenvalue weighted by molar-refractivity contribution is -0.122. The molecule has 2 atom stereocenters. The molecule has 16 heavy (non-hydrogen) atoms. The number of nitrogens with two attached hydrogens (primary N) is 1. The standard InChI is InChI=1S/C11H16N4O/c1-3-5-10(12)11(16)14-9(2)8-15-7-4-6-13-15/h1,4,6-7,9-10H,5,8,12H2,2H3,(H,14,16). The lowest BCUT2D eigenvalue weighted by atomic mass is 10.2. The van der Waals surface area contributed by atoms with Crippen LogP contribution in [0.2, 0.25) is 0 Å². The number of amides is 1. The van der Waals surface area contributed by atoms with Gasteiger partial charge in [0.1, 0.15) is 0 Å². The number of aromatic nitrogens is 2. The normalized spacial score (nSPS) is 13.8. The molecule has 5 nitrogen and oxygen atoms in total. The molecule has 0 radical (unpaired) electrons. The zero-order valence-electron chi connectivity index (χ0n) is 9.26. The summed E-state index contributed by atoms with van der Waals surface area (Å²) >= 11 is 0. The molecule has 0 spiro atoms. The number of nitrogens with zero attached hydrogens (tertiary/aromatic N) is 2. The summed E-state index contributed by atoms with van der Waals surface area (Å²) in [6, 6.07) is 1.17. The average molecular weight is 220 g/mol. The fourth-order valence-electron chi connectivity index (χ4n) is 1.30. The van der Waals surface area contributed by atoms with Crippen LogP contribution in [0.25, 0.3) is 0 Å². The quantitative estimate of drug-likeness (QED) is 0.671. The number of hydrogen-bond acceptors (Lipinski definition) is 3. The minimum absolute atomic E-state index is 0.0313. The van der Waals surface area contributed by atoms with E-state index in [1.165, 1.54) is 0 Å². The van der Waals surface area contributed by atoms with Gasteiger partial charge in [-0.05, 0) is 13.0 Å². The molecule has 2 unspecified atom stereocenters. The topological polar surface area (TPSA) is 72.9 Å². The Kier molecular flexibility index (Phi) is 4.55. The molecule has 86 valence electrons. The third-order valence-electron chi connectivity index (χ3n) is 2.08. The molecule has 0 aliphatic rings. The summed E-state index contributed by atoms with van der Waals surface area (Å²) in [5.41, 5.74) is 5.57. The summed E-state index contributed by atoms with van der Waals surface area (Å²) in [5, 5.41) is 6.83. The van der Waals surface area contributed by atoms with Gasteiger partial charge in [0.2, 0.25) is 5.91 Å². The molecule has 0 saturated carbocycles. The Balaban J connectivity index is 2.37. The van der Waals surface area contributed by atoms with Crippen molar-refractivity contribution >= 4 is 5.91 Å². The fraction of sp³-hybridized carbons (Fsp3) is 0.455. The largest absolute Gasteiger partial charge is 0.350 e. The maximum Gasteiger partial charge on any atom is 0.238 e. The van der Waals surface area contributed by atoms with Crippen molar-refractivity contribution in [2.45, 2.75) is 32.0 Å². The Labute approximate surface area is 95.0 Å². The molecular formula is C11H16N4O. The van der Waals surface area contributed by atoms with Crippen molar-refractivity contribution in [2.75, 3.05) is 0 Å². The first kappa shape index (κ1) is 12.3. The lowest BCUT2D eigenvalue weighted by Gasteiger charge is -2.16. The SMILES string of the molecule is C#CCC(N)C(=O)NC(C)Cn1cccn1. The number of rotatable bonds is 5. The second kappa shape index (κ2) is 5.93. The van der Waals surface area contributed by atoms with Gasteiger partial charge in [0.15, 0.2) is 0 Å². The van der Waals surface area contributed by atoms with Crippen molar-refractivity contribution in [1.29, 1.82) is 0 Å². The van der Waals surface area contributed by atoms with E-state index in [4.69, 9.17) is 12.2 Å². The molecule has 1 amide bonds. The van der Waals surface area contributed by atoms with Crippen LogP contribution < -0.4 is 11.1 Å². The predicted molar refractivity (Wildman–Crippen MR) is 61.3 cm³/mol. The molecule has 0 saturated heterocycles. The van der Waals surface area contributed by atoms with Gasteiger partial charge >= 0.3 is 0 Å². The van der Waals surface area contributed by atoms with Crippen LogP contribution in [0.5, 0.6) is 0 Å². The Morgan fingerprint density at radius 3 is 3.06 bits per heavy atom. The van der Waals surface area contributed by atoms with E-state index < -0.39 is 6.04 Å². The Morgan fingerprint density at radius 1 is 1.75 bits per heavy atom. The van der Waals surface area contributed by atoms with Crippen LogP contribution >= 0.6 is 0 Å². The van der Waals surface area contributed by atoms with Gasteiger partial charge in [-0.25, -0.2) is 0 Å². The highest BCUT2D eigenvalue weighted by Crippen LogP contribution is 1.93. The van der Waals surface area contributed by atoms with Crippen molar-refractivity contribution in [2.24, 2.45) is 5.73 Å². The maximum absolute atomic E-state index is 11.5. The summed E-state index contributed by atoms with van der Waals surface area (Å²) in [6.45, 7) is 2.50. The van der Waals surface area contributed by atoms with E-state index in [0.29, 0.717) is 6.54 Å². The van der Waals surface area contributed by atoms with E-state index >= 15 is 0 Å². The maximum atomic E-state index is 11.5. The van der Waals surface area contributed by atoms with Crippen molar-refractivity contribution in [3.05, 3.63) is 18.5 Å². The Hall–Kier alpha value is -1.80. The number of carbonyl (C=O) groups excluding carboxylic acids is 1. The van der Waals surface area contributed by atoms with Crippen LogP contribution in [0.4, 0.5) is 0 Å². The average Bonchev–Trinajstić information content (AvgIpc) is 2.70. The minimum Gasteiger partial charge on any atom is -0.350 e. The molecule has 0 bridgehead atoms. The van der Waals surface area contributed by atoms with E-state index in [2.05, 4.69) is 16.3 Å². The van der Waals surface area contributed by atoms with E-state index in [0.717, 1.165) is 0 Å². The molecule has 1 heterocycles. The molecule has 0 aliphatic heterocycles. The zero-order chi connectivity index (χ0) is 12.0. The van der Waals surface area contributed by atoms with E-state index in [-0.39, 0.29) is 18.4 Å². The number of nitrogens with one attached hydrogen (secondary N) is 1. The molecule has 1 rings (SSSR count). The first-order valence-electron chi connectivity index (χ1n) is 5.10. The summed E-state index contributed by atoms with van der Waals surface area (Å²) in [4.78, 5) is 11.5. The Morgan fingerprint density at radius 2 is 2.50 bits per heavy atom. The van der Waals surface area contributed by atoms with Gasteiger partial charge in [-0.15, -0.1) is 12.3 Å². The fourth-order valence-corrected chi connectivity index (χ4v) is 1.30. The van der Waals surface area contributed by atoms with E-state index in [1.54, 1.807) is 10.9 Å². The van der Waals surface area contributed by atoms with Crippen LogP contribution in [0.1, 0.15) is 13.3 Å². The summed E-state index contributed by atoms with van der Waals surface area (Å²) < 4.78 is 1.75. The van der Waals surface area contributed by atoms with E-state index in [1.807, 2.05) is 19.2 Å². The van der Waals surface area contributed by atoms with Gasteiger partial charge in [-0.3, -0.25) is 9.48 Å². The highest BCUT2D eigenvalue weighted by atomic mass is 16.2. The van der Waals surface area contributed by atoms with E-state index in [9.17, 15) is 4.79 Å². The van der Waals surface area contributed by atoms with Crippen LogP contribution in [-0.2, 0) is 11.3 Å². The molecule has 0 fully saturated rings. The number of hydrogen-bond donors (Lipinski definition) is 2. The highest BCUT2D eigenvalue weighted by Gasteiger charge is 2.14. The number of terminal acetylenes is 1. The predicted octanol–water partition coefficient (Wildman–Crippen LogP) is -0.262. The summed E-state index contributed by atoms with van der Waals surface area (Å²) in [5.74, 6) is 2.14. The van der Waals surface area contributed by atoms with Crippen molar-refractivity contribution < 1.29 is 4.79 Å². The Bertz CT molecular complexity index is 366. The third kappa shape index (κ3) is 3.75. The van der Waals surface area contributed by atoms with Crippen molar-refractivity contribution in [1.82, 2.24) is 15.1 Å². The van der Waals surface area contributed by atoms with Gasteiger partial charge in [0.05, 0.1) is 12.6 Å².